The molecule has 0 amide bonds. The van der Waals surface area contributed by atoms with Crippen molar-refractivity contribution in [2.45, 2.75) is 12.5 Å². The van der Waals surface area contributed by atoms with Gasteiger partial charge in [-0.05, 0) is 18.6 Å². The SMILES string of the molecule is Fc1c(Cl)cccc1NCC1CCOCO1. The van der Waals surface area contributed by atoms with Gasteiger partial charge in [0.25, 0.3) is 0 Å². The predicted octanol–water partition coefficient (Wildman–Crippen LogP) is 2.65. The molecule has 1 saturated heterocycles. The number of halogens is 2. The Morgan fingerprint density at radius 3 is 3.12 bits per heavy atom. The second-order valence-corrected chi connectivity index (χ2v) is 3.99. The fourth-order valence-corrected chi connectivity index (χ4v) is 1.70. The average molecular weight is 246 g/mol. The topological polar surface area (TPSA) is 30.5 Å². The molecule has 0 aromatic heterocycles. The molecule has 1 aliphatic heterocycles. The van der Waals surface area contributed by atoms with E-state index in [4.69, 9.17) is 21.1 Å². The molecule has 0 spiro atoms. The second kappa shape index (κ2) is 5.48. The molecule has 1 heterocycles. The summed E-state index contributed by atoms with van der Waals surface area (Å²) in [5.41, 5.74) is 0.405. The Hall–Kier alpha value is -0.840. The van der Waals surface area contributed by atoms with Crippen molar-refractivity contribution < 1.29 is 13.9 Å². The van der Waals surface area contributed by atoms with Crippen molar-refractivity contribution in [2.75, 3.05) is 25.3 Å². The maximum absolute atomic E-state index is 13.5. The Labute approximate surface area is 98.5 Å². The van der Waals surface area contributed by atoms with E-state index in [-0.39, 0.29) is 11.1 Å². The van der Waals surface area contributed by atoms with Crippen molar-refractivity contribution in [1.29, 1.82) is 0 Å². The summed E-state index contributed by atoms with van der Waals surface area (Å²) in [5.74, 6) is -0.420. The zero-order chi connectivity index (χ0) is 11.4. The van der Waals surface area contributed by atoms with Gasteiger partial charge < -0.3 is 14.8 Å². The van der Waals surface area contributed by atoms with Crippen LogP contribution in [0, 0.1) is 5.82 Å². The third kappa shape index (κ3) is 2.84. The lowest BCUT2D eigenvalue weighted by Gasteiger charge is -2.23. The van der Waals surface area contributed by atoms with Gasteiger partial charge in [0, 0.05) is 6.54 Å². The molecule has 1 aromatic rings. The van der Waals surface area contributed by atoms with Crippen molar-refractivity contribution in [1.82, 2.24) is 0 Å². The summed E-state index contributed by atoms with van der Waals surface area (Å²) in [5, 5.41) is 3.11. The van der Waals surface area contributed by atoms with Gasteiger partial charge in [0.15, 0.2) is 5.82 Å². The molecular weight excluding hydrogens is 233 g/mol. The maximum Gasteiger partial charge on any atom is 0.164 e. The normalized spacial score (nSPS) is 20.8. The molecule has 1 fully saturated rings. The van der Waals surface area contributed by atoms with E-state index in [0.29, 0.717) is 25.6 Å². The van der Waals surface area contributed by atoms with E-state index in [2.05, 4.69) is 5.32 Å². The van der Waals surface area contributed by atoms with E-state index in [1.54, 1.807) is 12.1 Å². The first kappa shape index (κ1) is 11.6. The Bertz CT molecular complexity index is 356. The minimum absolute atomic E-state index is 0.0622. The number of ether oxygens (including phenoxy) is 2. The molecule has 0 saturated carbocycles. The molecule has 1 unspecified atom stereocenters. The molecular formula is C11H13ClFNO2. The third-order valence-electron chi connectivity index (χ3n) is 2.44. The highest BCUT2D eigenvalue weighted by molar-refractivity contribution is 6.31. The van der Waals surface area contributed by atoms with Crippen LogP contribution in [-0.4, -0.2) is 26.0 Å². The molecule has 16 heavy (non-hydrogen) atoms. The summed E-state index contributed by atoms with van der Waals surface area (Å²) >= 11 is 5.67. The lowest BCUT2D eigenvalue weighted by Crippen LogP contribution is -2.30. The largest absolute Gasteiger partial charge is 0.380 e. The summed E-state index contributed by atoms with van der Waals surface area (Å²) in [4.78, 5) is 0. The number of benzene rings is 1. The van der Waals surface area contributed by atoms with E-state index in [0.717, 1.165) is 6.42 Å². The van der Waals surface area contributed by atoms with Gasteiger partial charge in [-0.15, -0.1) is 0 Å². The van der Waals surface area contributed by atoms with Crippen LogP contribution >= 0.6 is 11.6 Å². The fraction of sp³-hybridized carbons (Fsp3) is 0.455. The second-order valence-electron chi connectivity index (χ2n) is 3.59. The first-order chi connectivity index (χ1) is 7.77. The number of hydrogen-bond donors (Lipinski definition) is 1. The molecule has 1 atom stereocenters. The van der Waals surface area contributed by atoms with Gasteiger partial charge in [-0.3, -0.25) is 0 Å². The van der Waals surface area contributed by atoms with Gasteiger partial charge in [-0.1, -0.05) is 17.7 Å². The Morgan fingerprint density at radius 2 is 2.38 bits per heavy atom. The molecule has 0 radical (unpaired) electrons. The number of hydrogen-bond acceptors (Lipinski definition) is 3. The van der Waals surface area contributed by atoms with E-state index >= 15 is 0 Å². The number of rotatable bonds is 3. The van der Waals surface area contributed by atoms with Crippen molar-refractivity contribution >= 4 is 17.3 Å². The fourth-order valence-electron chi connectivity index (χ4n) is 1.53. The molecule has 1 N–H and O–H groups in total. The predicted molar refractivity (Wildman–Crippen MR) is 60.2 cm³/mol. The molecule has 1 aromatic carbocycles. The van der Waals surface area contributed by atoms with Crippen LogP contribution in [0.3, 0.4) is 0 Å². The minimum Gasteiger partial charge on any atom is -0.380 e. The highest BCUT2D eigenvalue weighted by Gasteiger charge is 2.14. The minimum atomic E-state index is -0.420. The van der Waals surface area contributed by atoms with Crippen molar-refractivity contribution in [3.63, 3.8) is 0 Å². The zero-order valence-electron chi connectivity index (χ0n) is 8.71. The van der Waals surface area contributed by atoms with Crippen LogP contribution in [0.25, 0.3) is 0 Å². The molecule has 0 bridgehead atoms. The van der Waals surface area contributed by atoms with Gasteiger partial charge in [-0.25, -0.2) is 4.39 Å². The first-order valence-corrected chi connectivity index (χ1v) is 5.52. The molecule has 0 aliphatic carbocycles. The summed E-state index contributed by atoms with van der Waals surface area (Å²) < 4.78 is 23.9. The third-order valence-corrected chi connectivity index (χ3v) is 2.73. The number of nitrogens with one attached hydrogen (secondary N) is 1. The standard InChI is InChI=1S/C11H13ClFNO2/c12-9-2-1-3-10(11(9)13)14-6-8-4-5-15-7-16-8/h1-3,8,14H,4-7H2. The number of anilines is 1. The highest BCUT2D eigenvalue weighted by Crippen LogP contribution is 2.22. The van der Waals surface area contributed by atoms with Crippen LogP contribution in [0.2, 0.25) is 5.02 Å². The van der Waals surface area contributed by atoms with Crippen LogP contribution in [0.15, 0.2) is 18.2 Å². The maximum atomic E-state index is 13.5. The summed E-state index contributed by atoms with van der Waals surface area (Å²) in [6.45, 7) is 1.55. The van der Waals surface area contributed by atoms with Crippen LogP contribution in [-0.2, 0) is 9.47 Å². The molecule has 3 nitrogen and oxygen atoms in total. The van der Waals surface area contributed by atoms with E-state index in [9.17, 15) is 4.39 Å². The van der Waals surface area contributed by atoms with Gasteiger partial charge in [0.2, 0.25) is 0 Å². The van der Waals surface area contributed by atoms with E-state index < -0.39 is 5.82 Å². The lowest BCUT2D eigenvalue weighted by molar-refractivity contribution is -0.133. The monoisotopic (exact) mass is 245 g/mol. The Balaban J connectivity index is 1.91. The van der Waals surface area contributed by atoms with Gasteiger partial charge in [0.05, 0.1) is 23.4 Å². The Morgan fingerprint density at radius 1 is 1.50 bits per heavy atom. The van der Waals surface area contributed by atoms with Crippen LogP contribution in [0.4, 0.5) is 10.1 Å². The first-order valence-electron chi connectivity index (χ1n) is 5.14. The zero-order valence-corrected chi connectivity index (χ0v) is 9.47. The lowest BCUT2D eigenvalue weighted by atomic mass is 10.2. The van der Waals surface area contributed by atoms with Crippen molar-refractivity contribution in [2.24, 2.45) is 0 Å². The van der Waals surface area contributed by atoms with Crippen LogP contribution < -0.4 is 5.32 Å². The highest BCUT2D eigenvalue weighted by atomic mass is 35.5. The average Bonchev–Trinajstić information content (AvgIpc) is 2.32. The molecule has 5 heteroatoms. The summed E-state index contributed by atoms with van der Waals surface area (Å²) in [7, 11) is 0. The van der Waals surface area contributed by atoms with Gasteiger partial charge >= 0.3 is 0 Å². The molecule has 88 valence electrons. The summed E-state index contributed by atoms with van der Waals surface area (Å²) in [6.07, 6.45) is 0.877. The summed E-state index contributed by atoms with van der Waals surface area (Å²) in [6, 6.07) is 4.88. The van der Waals surface area contributed by atoms with Crippen LogP contribution in [0.5, 0.6) is 0 Å². The van der Waals surface area contributed by atoms with Crippen molar-refractivity contribution in [3.8, 4) is 0 Å². The quantitative estimate of drug-likeness (QED) is 0.888. The van der Waals surface area contributed by atoms with Crippen molar-refractivity contribution in [3.05, 3.63) is 29.0 Å². The Kier molecular flexibility index (Phi) is 3.98. The van der Waals surface area contributed by atoms with Crippen LogP contribution in [0.1, 0.15) is 6.42 Å². The van der Waals surface area contributed by atoms with Gasteiger partial charge in [0.1, 0.15) is 6.79 Å². The molecule has 2 rings (SSSR count). The molecule has 1 aliphatic rings. The van der Waals surface area contributed by atoms with Gasteiger partial charge in [-0.2, -0.15) is 0 Å². The van der Waals surface area contributed by atoms with E-state index in [1.807, 2.05) is 0 Å². The van der Waals surface area contributed by atoms with E-state index in [1.165, 1.54) is 6.07 Å². The smallest absolute Gasteiger partial charge is 0.164 e.